The highest BCUT2D eigenvalue weighted by Gasteiger charge is 2.37. The second kappa shape index (κ2) is 8.98. The van der Waals surface area contributed by atoms with E-state index in [0.717, 1.165) is 11.3 Å². The van der Waals surface area contributed by atoms with E-state index in [1.54, 1.807) is 6.07 Å². The van der Waals surface area contributed by atoms with Crippen LogP contribution in [0.1, 0.15) is 21.3 Å². The molecule has 2 aromatic rings. The van der Waals surface area contributed by atoms with Crippen LogP contribution < -0.4 is 5.32 Å². The van der Waals surface area contributed by atoms with E-state index in [2.05, 4.69) is 36.4 Å². The molecule has 0 saturated heterocycles. The summed E-state index contributed by atoms with van der Waals surface area (Å²) in [7, 11) is 1.31. The van der Waals surface area contributed by atoms with E-state index < -0.39 is 24.2 Å². The first-order valence-electron chi connectivity index (χ1n) is 7.33. The Kier molecular flexibility index (Phi) is 7.18. The van der Waals surface area contributed by atoms with E-state index in [9.17, 15) is 18.0 Å². The van der Waals surface area contributed by atoms with Gasteiger partial charge in [-0.25, -0.2) is 4.98 Å². The molecule has 0 aromatic carbocycles. The Labute approximate surface area is 169 Å². The molecule has 0 unspecified atom stereocenters. The molecule has 1 amide bonds. The Balaban J connectivity index is 2.10. The fraction of sp³-hybridized carbons (Fsp3) is 0.333. The number of rotatable bonds is 6. The number of aromatic nitrogens is 2. The van der Waals surface area contributed by atoms with Gasteiger partial charge in [-0.2, -0.15) is 13.2 Å². The SMILES string of the molecule is CON=C(CNC(=O)Cc1sc(C)nc1C(F)(F)F)c1ncc(Br)cc1Cl. The van der Waals surface area contributed by atoms with Crippen molar-refractivity contribution in [3.05, 3.63) is 43.0 Å². The van der Waals surface area contributed by atoms with E-state index >= 15 is 0 Å². The van der Waals surface area contributed by atoms with Crippen LogP contribution in [0.15, 0.2) is 21.9 Å². The highest BCUT2D eigenvalue weighted by atomic mass is 79.9. The van der Waals surface area contributed by atoms with Crippen molar-refractivity contribution in [1.82, 2.24) is 15.3 Å². The molecule has 0 saturated carbocycles. The fourth-order valence-electron chi connectivity index (χ4n) is 2.10. The molecule has 12 heteroatoms. The van der Waals surface area contributed by atoms with Crippen LogP contribution in [0.3, 0.4) is 0 Å². The minimum Gasteiger partial charge on any atom is -0.399 e. The van der Waals surface area contributed by atoms with Gasteiger partial charge in [0.05, 0.1) is 23.0 Å². The summed E-state index contributed by atoms with van der Waals surface area (Å²) in [5.41, 5.74) is -0.532. The van der Waals surface area contributed by atoms with Gasteiger partial charge in [0.15, 0.2) is 5.69 Å². The van der Waals surface area contributed by atoms with Crippen LogP contribution in [0.25, 0.3) is 0 Å². The van der Waals surface area contributed by atoms with Gasteiger partial charge in [0, 0.05) is 15.5 Å². The molecular formula is C15H13BrClF3N4O2S. The van der Waals surface area contributed by atoms with Crippen molar-refractivity contribution < 1.29 is 22.8 Å². The first kappa shape index (κ1) is 21.6. The van der Waals surface area contributed by atoms with Gasteiger partial charge in [-0.3, -0.25) is 9.78 Å². The maximum absolute atomic E-state index is 13.0. The van der Waals surface area contributed by atoms with Gasteiger partial charge in [-0.15, -0.1) is 11.3 Å². The van der Waals surface area contributed by atoms with E-state index in [-0.39, 0.29) is 32.9 Å². The Morgan fingerprint density at radius 2 is 2.19 bits per heavy atom. The molecule has 0 aliphatic heterocycles. The molecule has 0 bridgehead atoms. The lowest BCUT2D eigenvalue weighted by Crippen LogP contribution is -2.32. The number of nitrogens with one attached hydrogen (secondary N) is 1. The van der Waals surface area contributed by atoms with E-state index in [0.29, 0.717) is 4.47 Å². The van der Waals surface area contributed by atoms with Crippen LogP contribution in [0, 0.1) is 6.92 Å². The number of carbonyl (C=O) groups excluding carboxylic acids is 1. The molecule has 0 aliphatic carbocycles. The molecule has 2 heterocycles. The Morgan fingerprint density at radius 3 is 2.78 bits per heavy atom. The largest absolute Gasteiger partial charge is 0.434 e. The van der Waals surface area contributed by atoms with Gasteiger partial charge in [-0.05, 0) is 28.9 Å². The van der Waals surface area contributed by atoms with Crippen LogP contribution in [-0.2, 0) is 22.2 Å². The highest BCUT2D eigenvalue weighted by Crippen LogP contribution is 2.34. The minimum atomic E-state index is -4.61. The van der Waals surface area contributed by atoms with Gasteiger partial charge < -0.3 is 10.2 Å². The predicted molar refractivity (Wildman–Crippen MR) is 99.1 cm³/mol. The lowest BCUT2D eigenvalue weighted by atomic mass is 10.2. The van der Waals surface area contributed by atoms with Gasteiger partial charge in [0.1, 0.15) is 18.5 Å². The zero-order chi connectivity index (χ0) is 20.2. The highest BCUT2D eigenvalue weighted by molar-refractivity contribution is 9.10. The lowest BCUT2D eigenvalue weighted by molar-refractivity contribution is -0.141. The molecule has 1 N–H and O–H groups in total. The average molecular weight is 486 g/mol. The summed E-state index contributed by atoms with van der Waals surface area (Å²) in [6, 6.07) is 1.59. The van der Waals surface area contributed by atoms with E-state index in [1.807, 2.05) is 0 Å². The summed E-state index contributed by atoms with van der Waals surface area (Å²) in [6.07, 6.45) is -3.58. The first-order valence-corrected chi connectivity index (χ1v) is 9.32. The standard InChI is InChI=1S/C15H13BrClF3N4O2S/c1-7-23-14(15(18,19)20)11(27-7)4-12(25)21-6-10(24-26-2)13-9(17)3-8(16)5-22-13/h3,5H,4,6H2,1-2H3,(H,21,25). The quantitative estimate of drug-likeness (QED) is 0.496. The lowest BCUT2D eigenvalue weighted by Gasteiger charge is -2.10. The summed E-state index contributed by atoms with van der Waals surface area (Å²) >= 11 is 10.2. The van der Waals surface area contributed by atoms with Crippen molar-refractivity contribution in [3.8, 4) is 0 Å². The van der Waals surface area contributed by atoms with Crippen LogP contribution in [-0.4, -0.2) is 35.2 Å². The van der Waals surface area contributed by atoms with E-state index in [1.165, 1.54) is 20.2 Å². The molecule has 0 aliphatic rings. The summed E-state index contributed by atoms with van der Waals surface area (Å²) < 4.78 is 39.6. The number of carbonyl (C=O) groups is 1. The Morgan fingerprint density at radius 1 is 1.48 bits per heavy atom. The van der Waals surface area contributed by atoms with Crippen molar-refractivity contribution in [2.24, 2.45) is 5.16 Å². The predicted octanol–water partition coefficient (Wildman–Crippen LogP) is 3.99. The summed E-state index contributed by atoms with van der Waals surface area (Å²) in [5, 5.41) is 6.77. The van der Waals surface area contributed by atoms with Gasteiger partial charge in [0.25, 0.3) is 0 Å². The molecule has 146 valence electrons. The summed E-state index contributed by atoms with van der Waals surface area (Å²) in [6.45, 7) is 1.33. The van der Waals surface area contributed by atoms with Crippen LogP contribution in [0.4, 0.5) is 13.2 Å². The fourth-order valence-corrected chi connectivity index (χ4v) is 3.79. The number of oxime groups is 1. The molecule has 2 rings (SSSR count). The maximum atomic E-state index is 13.0. The summed E-state index contributed by atoms with van der Waals surface area (Å²) in [5.74, 6) is -0.624. The average Bonchev–Trinajstić information content (AvgIpc) is 2.92. The second-order valence-corrected chi connectivity index (χ2v) is 7.77. The number of hydrogen-bond donors (Lipinski definition) is 1. The molecule has 2 aromatic heterocycles. The summed E-state index contributed by atoms with van der Waals surface area (Å²) in [4.78, 5) is 24.3. The number of thiazole rings is 1. The molecule has 6 nitrogen and oxygen atoms in total. The third-order valence-electron chi connectivity index (χ3n) is 3.13. The van der Waals surface area contributed by atoms with Crippen LogP contribution >= 0.6 is 38.9 Å². The molecule has 27 heavy (non-hydrogen) atoms. The normalized spacial score (nSPS) is 12.2. The van der Waals surface area contributed by atoms with Gasteiger partial charge in [-0.1, -0.05) is 16.8 Å². The maximum Gasteiger partial charge on any atom is 0.434 e. The van der Waals surface area contributed by atoms with Crippen molar-refractivity contribution in [2.45, 2.75) is 19.5 Å². The number of alkyl halides is 3. The first-order chi connectivity index (χ1) is 12.6. The van der Waals surface area contributed by atoms with Crippen LogP contribution in [0.2, 0.25) is 5.02 Å². The second-order valence-electron chi connectivity index (χ2n) is 5.16. The van der Waals surface area contributed by atoms with Gasteiger partial charge >= 0.3 is 6.18 Å². The monoisotopic (exact) mass is 484 g/mol. The Hall–Kier alpha value is -1.72. The number of hydrogen-bond acceptors (Lipinski definition) is 6. The van der Waals surface area contributed by atoms with Crippen molar-refractivity contribution in [3.63, 3.8) is 0 Å². The van der Waals surface area contributed by atoms with E-state index in [4.69, 9.17) is 16.4 Å². The van der Waals surface area contributed by atoms with Crippen molar-refractivity contribution in [1.29, 1.82) is 0 Å². The number of aryl methyl sites for hydroxylation is 1. The molecule has 0 fully saturated rings. The number of nitrogens with zero attached hydrogens (tertiary/aromatic N) is 3. The minimum absolute atomic E-state index is 0.125. The number of halogens is 5. The van der Waals surface area contributed by atoms with Crippen molar-refractivity contribution in [2.75, 3.05) is 13.7 Å². The molecule has 0 radical (unpaired) electrons. The molecule has 0 atom stereocenters. The van der Waals surface area contributed by atoms with Crippen LogP contribution in [0.5, 0.6) is 0 Å². The smallest absolute Gasteiger partial charge is 0.399 e. The van der Waals surface area contributed by atoms with Crippen molar-refractivity contribution >= 4 is 50.5 Å². The number of amides is 1. The molecule has 0 spiro atoms. The third-order valence-corrected chi connectivity index (χ3v) is 4.82. The zero-order valence-electron chi connectivity index (χ0n) is 14.0. The topological polar surface area (TPSA) is 76.5 Å². The number of pyridine rings is 1. The third kappa shape index (κ3) is 5.88. The zero-order valence-corrected chi connectivity index (χ0v) is 17.2. The Bertz CT molecular complexity index is 873. The van der Waals surface area contributed by atoms with Gasteiger partial charge in [0.2, 0.25) is 5.91 Å². The molecular weight excluding hydrogens is 473 g/mol.